The van der Waals surface area contributed by atoms with Gasteiger partial charge in [0.2, 0.25) is 23.6 Å². The highest BCUT2D eigenvalue weighted by molar-refractivity contribution is 5.94. The molecule has 0 aliphatic rings. The number of nitrogens with one attached hydrogen (secondary N) is 2. The molecule has 4 amide bonds. The zero-order chi connectivity index (χ0) is 50.7. The number of carbonyl (C=O) groups excluding carboxylic acids is 8. The Bertz CT molecular complexity index is 2420. The maximum Gasteiger partial charge on any atom is 0.308 e. The van der Waals surface area contributed by atoms with Gasteiger partial charge in [-0.15, -0.1) is 0 Å². The minimum absolute atomic E-state index is 0.237. The Hall–Kier alpha value is -8.40. The summed E-state index contributed by atoms with van der Waals surface area (Å²) < 4.78 is 21.0. The van der Waals surface area contributed by atoms with Crippen molar-refractivity contribution in [3.63, 3.8) is 0 Å². The largest absolute Gasteiger partial charge is 0.426 e. The smallest absolute Gasteiger partial charge is 0.308 e. The van der Waals surface area contributed by atoms with Crippen LogP contribution in [0.15, 0.2) is 121 Å². The fraction of sp³-hybridized carbons (Fsp3) is 0.259. The fourth-order valence-electron chi connectivity index (χ4n) is 6.68. The quantitative estimate of drug-likeness (QED) is 0.0299. The van der Waals surface area contributed by atoms with Crippen molar-refractivity contribution in [1.29, 1.82) is 0 Å². The highest BCUT2D eigenvalue weighted by Gasteiger charge is 2.15. The van der Waals surface area contributed by atoms with Crippen LogP contribution in [0.1, 0.15) is 75.6 Å². The molecule has 4 rings (SSSR count). The molecule has 0 saturated heterocycles. The summed E-state index contributed by atoms with van der Waals surface area (Å²) in [7, 11) is 0. The van der Waals surface area contributed by atoms with Gasteiger partial charge < -0.3 is 39.4 Å². The Balaban J connectivity index is 1.43. The average molecular weight is 955 g/mol. The van der Waals surface area contributed by atoms with Crippen molar-refractivity contribution in [2.75, 3.05) is 39.3 Å². The summed E-state index contributed by atoms with van der Waals surface area (Å²) in [6.07, 6.45) is 13.4. The molecule has 0 heterocycles. The van der Waals surface area contributed by atoms with Gasteiger partial charge in [0, 0.05) is 114 Å². The number of para-hydroxylation sites is 4. The van der Waals surface area contributed by atoms with Gasteiger partial charge in [0.25, 0.3) is 0 Å². The van der Waals surface area contributed by atoms with E-state index in [-0.39, 0.29) is 49.8 Å². The van der Waals surface area contributed by atoms with Crippen molar-refractivity contribution in [2.24, 2.45) is 0 Å². The molecule has 366 valence electrons. The Morgan fingerprint density at radius 3 is 0.929 bits per heavy atom. The molecule has 0 unspecified atom stereocenters. The Morgan fingerprint density at radius 1 is 0.386 bits per heavy atom. The summed E-state index contributed by atoms with van der Waals surface area (Å²) in [5.41, 5.74) is 2.14. The average Bonchev–Trinajstić information content (AvgIpc) is 3.32. The molecular formula is C54H58N4O12. The van der Waals surface area contributed by atoms with Gasteiger partial charge >= 0.3 is 23.9 Å². The van der Waals surface area contributed by atoms with Crippen LogP contribution in [0.3, 0.4) is 0 Å². The second-order valence-corrected chi connectivity index (χ2v) is 15.5. The van der Waals surface area contributed by atoms with Gasteiger partial charge in [-0.3, -0.25) is 38.4 Å². The number of rotatable bonds is 25. The standard InChI is InChI=1S/C54H58N4O12/c1-39(59)67-47-21-9-5-17-43(47)25-29-51(63)55-33-15-37-57(53(65)31-27-45-19-7-11-23-49(45)69-41(3)61)35-13-14-36-58(54(66)32-28-46-20-8-12-24-50(46)70-42(4)62)38-16-34-56-52(64)30-26-44-18-6-10-22-48(44)68-40(2)60/h5-12,17-32H,13-16,33-38H2,1-4H3,(H,55,63)(H,56,64)/b29-25+,30-26+,31-27+,32-28+. The van der Waals surface area contributed by atoms with E-state index in [0.717, 1.165) is 0 Å². The number of nitrogens with zero attached hydrogens (tertiary/aromatic N) is 2. The fourth-order valence-corrected chi connectivity index (χ4v) is 6.68. The molecule has 0 aromatic heterocycles. The number of amides is 4. The van der Waals surface area contributed by atoms with E-state index in [1.54, 1.807) is 131 Å². The molecule has 70 heavy (non-hydrogen) atoms. The number of ether oxygens (including phenoxy) is 4. The summed E-state index contributed by atoms with van der Waals surface area (Å²) in [5.74, 6) is -2.19. The number of hydrogen-bond acceptors (Lipinski definition) is 12. The Labute approximate surface area is 407 Å². The van der Waals surface area contributed by atoms with E-state index in [1.807, 2.05) is 0 Å². The minimum atomic E-state index is -0.507. The number of benzene rings is 4. The van der Waals surface area contributed by atoms with E-state index in [0.29, 0.717) is 84.0 Å². The van der Waals surface area contributed by atoms with Gasteiger partial charge in [0.05, 0.1) is 0 Å². The lowest BCUT2D eigenvalue weighted by Gasteiger charge is -2.24. The van der Waals surface area contributed by atoms with Crippen LogP contribution in [-0.2, 0) is 38.4 Å². The first-order valence-electron chi connectivity index (χ1n) is 22.6. The molecule has 4 aromatic carbocycles. The summed E-state index contributed by atoms with van der Waals surface area (Å²) in [6, 6.07) is 27.2. The van der Waals surface area contributed by atoms with Crippen LogP contribution in [0.4, 0.5) is 0 Å². The first-order valence-corrected chi connectivity index (χ1v) is 22.6. The summed E-state index contributed by atoms with van der Waals surface area (Å²) in [6.45, 7) is 6.76. The molecule has 0 saturated carbocycles. The molecule has 0 bridgehead atoms. The number of hydrogen-bond donors (Lipinski definition) is 2. The van der Waals surface area contributed by atoms with Crippen LogP contribution in [0.2, 0.25) is 0 Å². The van der Waals surface area contributed by atoms with E-state index < -0.39 is 23.9 Å². The molecular weight excluding hydrogens is 897 g/mol. The van der Waals surface area contributed by atoms with Crippen LogP contribution >= 0.6 is 0 Å². The van der Waals surface area contributed by atoms with Gasteiger partial charge in [0.15, 0.2) is 0 Å². The predicted octanol–water partition coefficient (Wildman–Crippen LogP) is 6.99. The summed E-state index contributed by atoms with van der Waals surface area (Å²) >= 11 is 0. The van der Waals surface area contributed by atoms with E-state index in [1.165, 1.54) is 52.0 Å². The first kappa shape index (κ1) is 54.2. The van der Waals surface area contributed by atoms with E-state index in [2.05, 4.69) is 10.6 Å². The van der Waals surface area contributed by atoms with E-state index in [4.69, 9.17) is 18.9 Å². The van der Waals surface area contributed by atoms with Crippen molar-refractivity contribution in [1.82, 2.24) is 20.4 Å². The van der Waals surface area contributed by atoms with Crippen molar-refractivity contribution in [3.8, 4) is 23.0 Å². The highest BCUT2D eigenvalue weighted by atomic mass is 16.5. The molecule has 2 N–H and O–H groups in total. The van der Waals surface area contributed by atoms with Crippen LogP contribution in [-0.4, -0.2) is 96.6 Å². The molecule has 0 atom stereocenters. The Morgan fingerprint density at radius 2 is 0.643 bits per heavy atom. The second-order valence-electron chi connectivity index (χ2n) is 15.5. The van der Waals surface area contributed by atoms with Crippen LogP contribution < -0.4 is 29.6 Å². The number of esters is 4. The SMILES string of the molecule is CC(=O)Oc1ccccc1/C=C/C(=O)NCCCN(CCCCN(CCCNC(=O)/C=C/c1ccccc1OC(C)=O)C(=O)/C=C/c1ccccc1OC(C)=O)C(=O)/C=C/c1ccccc1OC(C)=O. The third-order valence-corrected chi connectivity index (χ3v) is 9.87. The molecule has 4 aromatic rings. The van der Waals surface area contributed by atoms with Crippen LogP contribution in [0.25, 0.3) is 24.3 Å². The van der Waals surface area contributed by atoms with Gasteiger partial charge in [-0.05, 0) is 74.3 Å². The molecule has 16 heteroatoms. The third kappa shape index (κ3) is 20.2. The summed E-state index contributed by atoms with van der Waals surface area (Å²) in [5, 5.41) is 5.63. The molecule has 16 nitrogen and oxygen atoms in total. The molecule has 0 spiro atoms. The minimum Gasteiger partial charge on any atom is -0.426 e. The van der Waals surface area contributed by atoms with E-state index in [9.17, 15) is 38.4 Å². The van der Waals surface area contributed by atoms with Crippen molar-refractivity contribution < 1.29 is 57.3 Å². The zero-order valence-corrected chi connectivity index (χ0v) is 39.7. The van der Waals surface area contributed by atoms with Crippen molar-refractivity contribution in [2.45, 2.75) is 53.4 Å². The molecule has 0 aliphatic carbocycles. The van der Waals surface area contributed by atoms with Gasteiger partial charge in [-0.1, -0.05) is 72.8 Å². The lowest BCUT2D eigenvalue weighted by atomic mass is 10.1. The normalized spacial score (nSPS) is 11.1. The maximum atomic E-state index is 13.7. The number of unbranched alkanes of at least 4 members (excludes halogenated alkanes) is 1. The van der Waals surface area contributed by atoms with Gasteiger partial charge in [-0.2, -0.15) is 0 Å². The second kappa shape index (κ2) is 29.4. The van der Waals surface area contributed by atoms with Crippen molar-refractivity contribution >= 4 is 71.8 Å². The Kier molecular flexibility index (Phi) is 22.7. The monoisotopic (exact) mass is 954 g/mol. The van der Waals surface area contributed by atoms with E-state index >= 15 is 0 Å². The van der Waals surface area contributed by atoms with Crippen LogP contribution in [0.5, 0.6) is 23.0 Å². The maximum absolute atomic E-state index is 13.7. The van der Waals surface area contributed by atoms with Gasteiger partial charge in [0.1, 0.15) is 23.0 Å². The highest BCUT2D eigenvalue weighted by Crippen LogP contribution is 2.23. The summed E-state index contributed by atoms with van der Waals surface area (Å²) in [4.78, 5) is 103. The lowest BCUT2D eigenvalue weighted by molar-refractivity contribution is -0.132. The van der Waals surface area contributed by atoms with Gasteiger partial charge in [-0.25, -0.2) is 0 Å². The predicted molar refractivity (Wildman–Crippen MR) is 265 cm³/mol. The number of carbonyl (C=O) groups is 8. The first-order chi connectivity index (χ1) is 33.7. The lowest BCUT2D eigenvalue weighted by Crippen LogP contribution is -2.36. The molecule has 0 radical (unpaired) electrons. The third-order valence-electron chi connectivity index (χ3n) is 9.87. The molecule has 0 aliphatic heterocycles. The van der Waals surface area contributed by atoms with Crippen molar-refractivity contribution in [3.05, 3.63) is 144 Å². The zero-order valence-electron chi connectivity index (χ0n) is 39.7. The van der Waals surface area contributed by atoms with Crippen LogP contribution in [0, 0.1) is 0 Å². The topological polar surface area (TPSA) is 204 Å². The molecule has 0 fully saturated rings.